The lowest BCUT2D eigenvalue weighted by Crippen LogP contribution is -2.24. The Labute approximate surface area is 151 Å². The van der Waals surface area contributed by atoms with Gasteiger partial charge in [0, 0.05) is 5.56 Å². The fourth-order valence-electron chi connectivity index (χ4n) is 2.11. The van der Waals surface area contributed by atoms with Crippen LogP contribution in [0.4, 0.5) is 4.39 Å². The average molecular weight is 363 g/mol. The maximum Gasteiger partial charge on any atom is 0.277 e. The van der Waals surface area contributed by atoms with Gasteiger partial charge in [-0.25, -0.2) is 9.82 Å². The molecule has 2 rings (SSSR count). The van der Waals surface area contributed by atoms with Crippen LogP contribution >= 0.6 is 11.6 Å². The van der Waals surface area contributed by atoms with Crippen molar-refractivity contribution in [3.05, 3.63) is 64.4 Å². The Morgan fingerprint density at radius 3 is 2.68 bits per heavy atom. The second-order valence-electron chi connectivity index (χ2n) is 5.60. The number of nitrogens with zero attached hydrogens (tertiary/aromatic N) is 1. The number of rotatable bonds is 7. The Morgan fingerprint density at radius 2 is 2.04 bits per heavy atom. The van der Waals surface area contributed by atoms with Gasteiger partial charge in [0.1, 0.15) is 11.6 Å². The Kier molecular flexibility index (Phi) is 6.95. The molecule has 1 atom stereocenters. The van der Waals surface area contributed by atoms with Crippen LogP contribution in [0.3, 0.4) is 0 Å². The Balaban J connectivity index is 1.83. The predicted molar refractivity (Wildman–Crippen MR) is 97.8 cm³/mol. The van der Waals surface area contributed by atoms with E-state index >= 15 is 0 Å². The lowest BCUT2D eigenvalue weighted by molar-refractivity contribution is -0.123. The molecule has 4 nitrogen and oxygen atoms in total. The molecule has 25 heavy (non-hydrogen) atoms. The number of amides is 1. The molecule has 1 amide bonds. The second kappa shape index (κ2) is 9.18. The molecular weight excluding hydrogens is 343 g/mol. The molecule has 0 aliphatic heterocycles. The number of carbonyl (C=O) groups excluding carboxylic acids is 1. The minimum Gasteiger partial charge on any atom is -0.484 e. The summed E-state index contributed by atoms with van der Waals surface area (Å²) in [4.78, 5) is 11.7. The molecule has 0 saturated heterocycles. The fraction of sp³-hybridized carbons (Fsp3) is 0.263. The van der Waals surface area contributed by atoms with Crippen molar-refractivity contribution in [3.63, 3.8) is 0 Å². The van der Waals surface area contributed by atoms with E-state index in [4.69, 9.17) is 16.3 Å². The van der Waals surface area contributed by atoms with Crippen molar-refractivity contribution in [2.75, 3.05) is 6.61 Å². The van der Waals surface area contributed by atoms with Gasteiger partial charge in [-0.15, -0.1) is 0 Å². The van der Waals surface area contributed by atoms with E-state index in [1.165, 1.54) is 17.7 Å². The van der Waals surface area contributed by atoms with Crippen molar-refractivity contribution < 1.29 is 13.9 Å². The van der Waals surface area contributed by atoms with Crippen molar-refractivity contribution >= 4 is 23.7 Å². The van der Waals surface area contributed by atoms with Crippen molar-refractivity contribution in [2.45, 2.75) is 26.2 Å². The van der Waals surface area contributed by atoms with Gasteiger partial charge in [-0.2, -0.15) is 5.10 Å². The monoisotopic (exact) mass is 362 g/mol. The summed E-state index contributed by atoms with van der Waals surface area (Å²) in [5.74, 6) is 0.123. The molecule has 132 valence electrons. The maximum absolute atomic E-state index is 13.5. The number of hydrazone groups is 1. The predicted octanol–water partition coefficient (Wildman–Crippen LogP) is 4.52. The van der Waals surface area contributed by atoms with Crippen LogP contribution in [0, 0.1) is 5.82 Å². The van der Waals surface area contributed by atoms with Gasteiger partial charge in [-0.05, 0) is 42.2 Å². The highest BCUT2D eigenvalue weighted by Gasteiger charge is 2.06. The van der Waals surface area contributed by atoms with Gasteiger partial charge < -0.3 is 4.74 Å². The van der Waals surface area contributed by atoms with Crippen LogP contribution in [0.25, 0.3) is 0 Å². The number of ether oxygens (including phenoxy) is 1. The first-order valence-electron chi connectivity index (χ1n) is 8.00. The van der Waals surface area contributed by atoms with E-state index < -0.39 is 11.7 Å². The van der Waals surface area contributed by atoms with Crippen LogP contribution in [0.2, 0.25) is 5.02 Å². The molecule has 0 spiro atoms. The molecule has 1 N–H and O–H groups in total. The largest absolute Gasteiger partial charge is 0.484 e. The third-order valence-corrected chi connectivity index (χ3v) is 4.14. The summed E-state index contributed by atoms with van der Waals surface area (Å²) in [6, 6.07) is 11.9. The van der Waals surface area contributed by atoms with Crippen molar-refractivity contribution in [1.29, 1.82) is 0 Å². The number of nitrogens with one attached hydrogen (secondary N) is 1. The van der Waals surface area contributed by atoms with E-state index in [2.05, 4.69) is 24.4 Å². The summed E-state index contributed by atoms with van der Waals surface area (Å²) in [7, 11) is 0. The summed E-state index contributed by atoms with van der Waals surface area (Å²) < 4.78 is 18.9. The topological polar surface area (TPSA) is 50.7 Å². The van der Waals surface area contributed by atoms with E-state index in [-0.39, 0.29) is 17.2 Å². The van der Waals surface area contributed by atoms with Gasteiger partial charge >= 0.3 is 0 Å². The number of carbonyl (C=O) groups is 1. The number of halogens is 2. The highest BCUT2D eigenvalue weighted by molar-refractivity contribution is 6.33. The van der Waals surface area contributed by atoms with Crippen LogP contribution in [0.1, 0.15) is 37.3 Å². The number of benzene rings is 2. The second-order valence-corrected chi connectivity index (χ2v) is 6.00. The molecule has 0 radical (unpaired) electrons. The molecule has 6 heteroatoms. The number of hydrogen-bond donors (Lipinski definition) is 1. The number of hydrogen-bond acceptors (Lipinski definition) is 3. The van der Waals surface area contributed by atoms with Crippen LogP contribution in [-0.2, 0) is 4.79 Å². The van der Waals surface area contributed by atoms with Crippen molar-refractivity contribution in [1.82, 2.24) is 5.43 Å². The molecule has 0 heterocycles. The Hall–Kier alpha value is -2.40. The lowest BCUT2D eigenvalue weighted by atomic mass is 9.99. The van der Waals surface area contributed by atoms with Gasteiger partial charge in [0.05, 0.1) is 11.2 Å². The smallest absolute Gasteiger partial charge is 0.277 e. The summed E-state index contributed by atoms with van der Waals surface area (Å²) >= 11 is 5.86. The third kappa shape index (κ3) is 5.57. The zero-order chi connectivity index (χ0) is 18.2. The van der Waals surface area contributed by atoms with E-state index in [0.29, 0.717) is 11.7 Å². The van der Waals surface area contributed by atoms with Crippen LogP contribution in [0.15, 0.2) is 47.6 Å². The van der Waals surface area contributed by atoms with Crippen LogP contribution in [-0.4, -0.2) is 18.7 Å². The molecule has 0 bridgehead atoms. The molecule has 0 aliphatic carbocycles. The van der Waals surface area contributed by atoms with E-state index in [1.807, 2.05) is 24.3 Å². The summed E-state index contributed by atoms with van der Waals surface area (Å²) in [5, 5.41) is 3.91. The van der Waals surface area contributed by atoms with Gasteiger partial charge in [-0.3, -0.25) is 4.79 Å². The maximum atomic E-state index is 13.5. The molecule has 0 fully saturated rings. The van der Waals surface area contributed by atoms with Gasteiger partial charge in [0.2, 0.25) is 0 Å². The van der Waals surface area contributed by atoms with Crippen LogP contribution in [0.5, 0.6) is 5.75 Å². The standard InChI is InChI=1S/C19H20ClFN2O2/c1-3-13(2)14-7-9-15(10-8-14)25-12-19(24)23-22-11-16-17(20)5-4-6-18(16)21/h4-11,13H,3,12H2,1-2H3,(H,23,24)/b22-11+/t13-/m0/s1. The molecular formula is C19H20ClFN2O2. The van der Waals surface area contributed by atoms with Crippen molar-refractivity contribution in [2.24, 2.45) is 5.10 Å². The fourth-order valence-corrected chi connectivity index (χ4v) is 2.32. The van der Waals surface area contributed by atoms with E-state index in [0.717, 1.165) is 12.6 Å². The first kappa shape index (κ1) is 18.9. The average Bonchev–Trinajstić information content (AvgIpc) is 2.62. The zero-order valence-electron chi connectivity index (χ0n) is 14.1. The highest BCUT2D eigenvalue weighted by atomic mass is 35.5. The van der Waals surface area contributed by atoms with Crippen LogP contribution < -0.4 is 10.2 Å². The lowest BCUT2D eigenvalue weighted by Gasteiger charge is -2.10. The molecule has 2 aromatic rings. The molecule has 0 aliphatic rings. The summed E-state index contributed by atoms with van der Waals surface area (Å²) in [6.45, 7) is 4.10. The third-order valence-electron chi connectivity index (χ3n) is 3.81. The molecule has 2 aromatic carbocycles. The molecule has 0 unspecified atom stereocenters. The minimum absolute atomic E-state index is 0.117. The summed E-state index contributed by atoms with van der Waals surface area (Å²) in [6.07, 6.45) is 2.23. The molecule has 0 saturated carbocycles. The zero-order valence-corrected chi connectivity index (χ0v) is 14.9. The quantitative estimate of drug-likeness (QED) is 0.581. The highest BCUT2D eigenvalue weighted by Crippen LogP contribution is 2.21. The molecule has 0 aromatic heterocycles. The first-order chi connectivity index (χ1) is 12.0. The van der Waals surface area contributed by atoms with E-state index in [1.54, 1.807) is 6.07 Å². The Bertz CT molecular complexity index is 727. The van der Waals surface area contributed by atoms with Gasteiger partial charge in [0.15, 0.2) is 6.61 Å². The Morgan fingerprint density at radius 1 is 1.32 bits per heavy atom. The van der Waals surface area contributed by atoms with Gasteiger partial charge in [0.25, 0.3) is 5.91 Å². The van der Waals surface area contributed by atoms with Gasteiger partial charge in [-0.1, -0.05) is 43.6 Å². The summed E-state index contributed by atoms with van der Waals surface area (Å²) in [5.41, 5.74) is 3.62. The SMILES string of the molecule is CC[C@H](C)c1ccc(OCC(=O)N/N=C/c2c(F)cccc2Cl)cc1. The first-order valence-corrected chi connectivity index (χ1v) is 8.37. The minimum atomic E-state index is -0.511. The normalized spacial score (nSPS) is 12.2. The van der Waals surface area contributed by atoms with Crippen molar-refractivity contribution in [3.8, 4) is 5.75 Å². The van der Waals surface area contributed by atoms with E-state index in [9.17, 15) is 9.18 Å².